The molecule has 0 radical (unpaired) electrons. The summed E-state index contributed by atoms with van der Waals surface area (Å²) in [5.41, 5.74) is 4.00. The molecule has 0 saturated heterocycles. The van der Waals surface area contributed by atoms with Crippen LogP contribution >= 0.6 is 11.8 Å². The number of tetrazole rings is 1. The van der Waals surface area contributed by atoms with Gasteiger partial charge in [0.1, 0.15) is 0 Å². The summed E-state index contributed by atoms with van der Waals surface area (Å²) in [6.07, 6.45) is 2.42. The number of rotatable bonds is 4. The van der Waals surface area contributed by atoms with Crippen molar-refractivity contribution in [1.29, 1.82) is 0 Å². The molecule has 1 aliphatic carbocycles. The molecule has 1 heterocycles. The molecule has 0 atom stereocenters. The van der Waals surface area contributed by atoms with Crippen LogP contribution in [0, 0.1) is 13.8 Å². The van der Waals surface area contributed by atoms with E-state index in [0.29, 0.717) is 6.04 Å². The normalized spacial score (nSPS) is 15.0. The topological polar surface area (TPSA) is 43.6 Å². The highest BCUT2D eigenvalue weighted by Gasteiger charge is 2.27. The maximum absolute atomic E-state index is 4.11. The van der Waals surface area contributed by atoms with Gasteiger partial charge in [0, 0.05) is 5.75 Å². The van der Waals surface area contributed by atoms with Crippen LogP contribution in [0.15, 0.2) is 23.4 Å². The molecule has 0 bridgehead atoms. The minimum absolute atomic E-state index is 0.543. The van der Waals surface area contributed by atoms with Crippen LogP contribution in [0.1, 0.15) is 35.6 Å². The number of hydrogen-bond donors (Lipinski definition) is 0. The van der Waals surface area contributed by atoms with Crippen LogP contribution in [0.5, 0.6) is 0 Å². The van der Waals surface area contributed by atoms with Crippen LogP contribution < -0.4 is 0 Å². The van der Waals surface area contributed by atoms with E-state index in [9.17, 15) is 0 Å². The first kappa shape index (κ1) is 11.7. The SMILES string of the molecule is Cc1ccc(C)c(CSc2nnnn2C2CC2)c1. The Morgan fingerprint density at radius 3 is 2.94 bits per heavy atom. The summed E-state index contributed by atoms with van der Waals surface area (Å²) in [7, 11) is 0. The van der Waals surface area contributed by atoms with Crippen molar-refractivity contribution in [2.75, 3.05) is 0 Å². The second-order valence-electron chi connectivity index (χ2n) is 4.86. The number of nitrogens with zero attached hydrogens (tertiary/aromatic N) is 4. The van der Waals surface area contributed by atoms with E-state index in [2.05, 4.69) is 47.6 Å². The fourth-order valence-electron chi connectivity index (χ4n) is 1.93. The number of aryl methyl sites for hydroxylation is 2. The number of benzene rings is 1. The molecule has 0 spiro atoms. The van der Waals surface area contributed by atoms with Crippen molar-refractivity contribution in [3.8, 4) is 0 Å². The van der Waals surface area contributed by atoms with Gasteiger partial charge in [-0.15, -0.1) is 5.10 Å². The van der Waals surface area contributed by atoms with Gasteiger partial charge in [-0.1, -0.05) is 35.5 Å². The van der Waals surface area contributed by atoms with Crippen molar-refractivity contribution in [3.63, 3.8) is 0 Å². The molecule has 2 aromatic rings. The number of thioether (sulfide) groups is 1. The first-order valence-corrected chi connectivity index (χ1v) is 7.19. The van der Waals surface area contributed by atoms with Crippen molar-refractivity contribution in [2.45, 2.75) is 43.6 Å². The summed E-state index contributed by atoms with van der Waals surface area (Å²) in [4.78, 5) is 0. The summed E-state index contributed by atoms with van der Waals surface area (Å²) in [6, 6.07) is 7.11. The molecule has 0 unspecified atom stereocenters. The standard InChI is InChI=1S/C13H16N4S/c1-9-3-4-10(2)11(7-9)8-18-13-14-15-16-17(13)12-5-6-12/h3-4,7,12H,5-6,8H2,1-2H3. The van der Waals surface area contributed by atoms with E-state index in [-0.39, 0.29) is 0 Å². The molecular weight excluding hydrogens is 244 g/mol. The Bertz CT molecular complexity index is 560. The molecule has 0 aliphatic heterocycles. The van der Waals surface area contributed by atoms with E-state index in [1.165, 1.54) is 29.5 Å². The third kappa shape index (κ3) is 2.41. The monoisotopic (exact) mass is 260 g/mol. The maximum atomic E-state index is 4.11. The van der Waals surface area contributed by atoms with E-state index < -0.39 is 0 Å². The van der Waals surface area contributed by atoms with Gasteiger partial charge in [0.05, 0.1) is 6.04 Å². The first-order valence-electron chi connectivity index (χ1n) is 6.21. The molecule has 3 rings (SSSR count). The maximum Gasteiger partial charge on any atom is 0.209 e. The third-order valence-electron chi connectivity index (χ3n) is 3.22. The van der Waals surface area contributed by atoms with Gasteiger partial charge in [-0.3, -0.25) is 0 Å². The fourth-order valence-corrected chi connectivity index (χ4v) is 2.93. The van der Waals surface area contributed by atoms with Crippen LogP contribution in [0.2, 0.25) is 0 Å². The molecule has 0 N–H and O–H groups in total. The van der Waals surface area contributed by atoms with Crippen LogP contribution in [0.3, 0.4) is 0 Å². The van der Waals surface area contributed by atoms with Crippen LogP contribution in [0.4, 0.5) is 0 Å². The quantitative estimate of drug-likeness (QED) is 0.793. The average Bonchev–Trinajstić information content (AvgIpc) is 3.10. The summed E-state index contributed by atoms with van der Waals surface area (Å²) in [5.74, 6) is 0.931. The molecule has 94 valence electrons. The molecular formula is C13H16N4S. The molecule has 18 heavy (non-hydrogen) atoms. The number of aromatic nitrogens is 4. The summed E-state index contributed by atoms with van der Waals surface area (Å²) in [5, 5.41) is 12.9. The van der Waals surface area contributed by atoms with Gasteiger partial charge in [-0.2, -0.15) is 0 Å². The Morgan fingerprint density at radius 1 is 1.33 bits per heavy atom. The minimum atomic E-state index is 0.543. The predicted molar refractivity (Wildman–Crippen MR) is 71.6 cm³/mol. The molecule has 1 fully saturated rings. The highest BCUT2D eigenvalue weighted by Crippen LogP contribution is 2.37. The predicted octanol–water partition coefficient (Wildman–Crippen LogP) is 2.92. The largest absolute Gasteiger partial charge is 0.217 e. The molecule has 0 amide bonds. The van der Waals surface area contributed by atoms with Crippen LogP contribution in [-0.2, 0) is 5.75 Å². The van der Waals surface area contributed by atoms with Gasteiger partial charge < -0.3 is 0 Å². The Kier molecular flexibility index (Phi) is 3.07. The second-order valence-corrected chi connectivity index (χ2v) is 5.80. The lowest BCUT2D eigenvalue weighted by Crippen LogP contribution is -1.99. The van der Waals surface area contributed by atoms with E-state index in [0.717, 1.165) is 10.9 Å². The Morgan fingerprint density at radius 2 is 2.17 bits per heavy atom. The van der Waals surface area contributed by atoms with Crippen LogP contribution in [-0.4, -0.2) is 20.2 Å². The molecule has 1 aromatic carbocycles. The van der Waals surface area contributed by atoms with E-state index in [4.69, 9.17) is 0 Å². The van der Waals surface area contributed by atoms with Gasteiger partial charge in [0.15, 0.2) is 0 Å². The molecule has 1 aliphatic rings. The Balaban J connectivity index is 1.73. The van der Waals surface area contributed by atoms with Crippen molar-refractivity contribution in [3.05, 3.63) is 34.9 Å². The zero-order chi connectivity index (χ0) is 12.5. The lowest BCUT2D eigenvalue weighted by atomic mass is 10.1. The fraction of sp³-hybridized carbons (Fsp3) is 0.462. The minimum Gasteiger partial charge on any atom is -0.217 e. The highest BCUT2D eigenvalue weighted by molar-refractivity contribution is 7.98. The third-order valence-corrected chi connectivity index (χ3v) is 4.20. The zero-order valence-corrected chi connectivity index (χ0v) is 11.4. The summed E-state index contributed by atoms with van der Waals surface area (Å²) >= 11 is 1.72. The van der Waals surface area contributed by atoms with Gasteiger partial charge >= 0.3 is 0 Å². The lowest BCUT2D eigenvalue weighted by Gasteiger charge is -2.06. The van der Waals surface area contributed by atoms with Crippen molar-refractivity contribution in [1.82, 2.24) is 20.2 Å². The van der Waals surface area contributed by atoms with Gasteiger partial charge in [-0.05, 0) is 48.2 Å². The smallest absolute Gasteiger partial charge is 0.209 e. The van der Waals surface area contributed by atoms with E-state index >= 15 is 0 Å². The van der Waals surface area contributed by atoms with Gasteiger partial charge in [0.2, 0.25) is 5.16 Å². The molecule has 1 aromatic heterocycles. The first-order chi connectivity index (χ1) is 8.74. The Hall–Kier alpha value is -1.36. The van der Waals surface area contributed by atoms with Crippen LogP contribution in [0.25, 0.3) is 0 Å². The van der Waals surface area contributed by atoms with Crippen molar-refractivity contribution >= 4 is 11.8 Å². The molecule has 1 saturated carbocycles. The van der Waals surface area contributed by atoms with Crippen molar-refractivity contribution in [2.24, 2.45) is 0 Å². The van der Waals surface area contributed by atoms with Gasteiger partial charge in [0.25, 0.3) is 0 Å². The molecule has 5 heteroatoms. The lowest BCUT2D eigenvalue weighted by molar-refractivity contribution is 0.565. The molecule has 4 nitrogen and oxygen atoms in total. The number of hydrogen-bond acceptors (Lipinski definition) is 4. The highest BCUT2D eigenvalue weighted by atomic mass is 32.2. The average molecular weight is 260 g/mol. The van der Waals surface area contributed by atoms with E-state index in [1.54, 1.807) is 11.8 Å². The Labute approximate surface area is 111 Å². The second kappa shape index (κ2) is 4.72. The summed E-state index contributed by atoms with van der Waals surface area (Å²) < 4.78 is 1.97. The summed E-state index contributed by atoms with van der Waals surface area (Å²) in [6.45, 7) is 4.28. The zero-order valence-electron chi connectivity index (χ0n) is 10.6. The van der Waals surface area contributed by atoms with Gasteiger partial charge in [-0.25, -0.2) is 4.68 Å². The van der Waals surface area contributed by atoms with E-state index in [1.807, 2.05) is 4.68 Å². The van der Waals surface area contributed by atoms with Crippen molar-refractivity contribution < 1.29 is 0 Å².